The predicted molar refractivity (Wildman–Crippen MR) is 85.7 cm³/mol. The molecule has 0 radical (unpaired) electrons. The lowest BCUT2D eigenvalue weighted by Crippen LogP contribution is -2.40. The van der Waals surface area contributed by atoms with Gasteiger partial charge < -0.3 is 4.74 Å². The molecule has 0 aromatic carbocycles. The molecule has 1 atom stereocenters. The van der Waals surface area contributed by atoms with Crippen LogP contribution in [-0.2, 0) is 4.74 Å². The molecule has 0 rings (SSSR count). The summed E-state index contributed by atoms with van der Waals surface area (Å²) in [7, 11) is 0. The van der Waals surface area contributed by atoms with Gasteiger partial charge in [-0.1, -0.05) is 46.0 Å². The van der Waals surface area contributed by atoms with Gasteiger partial charge >= 0.3 is 0 Å². The molecule has 0 saturated carbocycles. The highest BCUT2D eigenvalue weighted by Crippen LogP contribution is 2.12. The number of nitriles is 1. The Bertz CT molecular complexity index is 250. The molecule has 0 spiro atoms. The molecule has 0 bridgehead atoms. The Morgan fingerprint density at radius 2 is 1.55 bits per heavy atom. The van der Waals surface area contributed by atoms with Crippen LogP contribution in [0.25, 0.3) is 0 Å². The van der Waals surface area contributed by atoms with Crippen molar-refractivity contribution in [2.45, 2.75) is 84.1 Å². The van der Waals surface area contributed by atoms with Crippen LogP contribution in [0.2, 0.25) is 0 Å². The van der Waals surface area contributed by atoms with Gasteiger partial charge in [0.25, 0.3) is 0 Å². The van der Waals surface area contributed by atoms with Crippen LogP contribution in [0, 0.1) is 11.3 Å². The van der Waals surface area contributed by atoms with Gasteiger partial charge in [0.1, 0.15) is 5.54 Å². The molecular formula is C17H34N2O. The second-order valence-electron chi connectivity index (χ2n) is 5.81. The molecule has 0 aliphatic rings. The van der Waals surface area contributed by atoms with Crippen LogP contribution >= 0.6 is 0 Å². The lowest BCUT2D eigenvalue weighted by atomic mass is 9.97. The summed E-state index contributed by atoms with van der Waals surface area (Å²) in [5.41, 5.74) is -0.367. The van der Waals surface area contributed by atoms with Crippen molar-refractivity contribution in [3.63, 3.8) is 0 Å². The predicted octanol–water partition coefficient (Wildman–Crippen LogP) is 4.43. The van der Waals surface area contributed by atoms with Crippen LogP contribution in [-0.4, -0.2) is 25.3 Å². The first-order valence-corrected chi connectivity index (χ1v) is 8.42. The summed E-state index contributed by atoms with van der Waals surface area (Å²) in [5.74, 6) is 0. The third-order valence-electron chi connectivity index (χ3n) is 3.67. The molecule has 0 aromatic heterocycles. The van der Waals surface area contributed by atoms with E-state index in [1.165, 1.54) is 38.5 Å². The third-order valence-corrected chi connectivity index (χ3v) is 3.67. The molecular weight excluding hydrogens is 248 g/mol. The van der Waals surface area contributed by atoms with E-state index < -0.39 is 0 Å². The zero-order valence-electron chi connectivity index (χ0n) is 13.8. The second kappa shape index (κ2) is 13.4. The van der Waals surface area contributed by atoms with Gasteiger partial charge in [-0.05, 0) is 39.2 Å². The minimum Gasteiger partial charge on any atom is -0.381 e. The summed E-state index contributed by atoms with van der Waals surface area (Å²) in [6.45, 7) is 8.85. The van der Waals surface area contributed by atoms with E-state index in [9.17, 15) is 0 Å². The van der Waals surface area contributed by atoms with Crippen molar-refractivity contribution >= 4 is 0 Å². The van der Waals surface area contributed by atoms with Crippen molar-refractivity contribution in [1.29, 1.82) is 5.26 Å². The number of nitrogens with one attached hydrogen (secondary N) is 1. The van der Waals surface area contributed by atoms with E-state index in [2.05, 4.69) is 18.3 Å². The Labute approximate surface area is 126 Å². The van der Waals surface area contributed by atoms with E-state index in [0.717, 1.165) is 39.0 Å². The Morgan fingerprint density at radius 1 is 0.950 bits per heavy atom. The van der Waals surface area contributed by atoms with Gasteiger partial charge in [0, 0.05) is 13.2 Å². The first-order chi connectivity index (χ1) is 9.68. The summed E-state index contributed by atoms with van der Waals surface area (Å²) >= 11 is 0. The number of nitrogens with zero attached hydrogens (tertiary/aromatic N) is 1. The minimum atomic E-state index is -0.367. The van der Waals surface area contributed by atoms with Crippen molar-refractivity contribution in [1.82, 2.24) is 5.32 Å². The Balaban J connectivity index is 3.30. The molecule has 0 amide bonds. The highest BCUT2D eigenvalue weighted by atomic mass is 16.5. The molecule has 0 heterocycles. The molecule has 0 aliphatic heterocycles. The highest BCUT2D eigenvalue weighted by molar-refractivity contribution is 5.03. The van der Waals surface area contributed by atoms with E-state index in [-0.39, 0.29) is 5.54 Å². The number of hydrogen-bond donors (Lipinski definition) is 1. The fourth-order valence-corrected chi connectivity index (χ4v) is 2.34. The average Bonchev–Trinajstić information content (AvgIpc) is 2.45. The quantitative estimate of drug-likeness (QED) is 0.479. The lowest BCUT2D eigenvalue weighted by molar-refractivity contribution is 0.124. The summed E-state index contributed by atoms with van der Waals surface area (Å²) in [5, 5.41) is 12.4. The van der Waals surface area contributed by atoms with Crippen LogP contribution in [0.5, 0.6) is 0 Å². The SMILES string of the molecule is CCCCCCCCOCCCCC(C)(C#N)NCC. The summed E-state index contributed by atoms with van der Waals surface area (Å²) < 4.78 is 5.65. The number of hydrogen-bond acceptors (Lipinski definition) is 3. The molecule has 1 N–H and O–H groups in total. The first kappa shape index (κ1) is 19.4. The largest absolute Gasteiger partial charge is 0.381 e. The molecule has 0 aliphatic carbocycles. The smallest absolute Gasteiger partial charge is 0.103 e. The van der Waals surface area contributed by atoms with E-state index in [1.807, 2.05) is 13.8 Å². The summed E-state index contributed by atoms with van der Waals surface area (Å²) in [4.78, 5) is 0. The van der Waals surface area contributed by atoms with E-state index in [0.29, 0.717) is 0 Å². The van der Waals surface area contributed by atoms with Crippen LogP contribution in [0.4, 0.5) is 0 Å². The minimum absolute atomic E-state index is 0.367. The Morgan fingerprint density at radius 3 is 2.15 bits per heavy atom. The zero-order chi connectivity index (χ0) is 15.1. The monoisotopic (exact) mass is 282 g/mol. The fourth-order valence-electron chi connectivity index (χ4n) is 2.34. The maximum absolute atomic E-state index is 9.13. The van der Waals surface area contributed by atoms with E-state index in [1.54, 1.807) is 0 Å². The highest BCUT2D eigenvalue weighted by Gasteiger charge is 2.20. The molecule has 0 fully saturated rings. The van der Waals surface area contributed by atoms with Crippen molar-refractivity contribution in [2.75, 3.05) is 19.8 Å². The Kier molecular flexibility index (Phi) is 13.0. The first-order valence-electron chi connectivity index (χ1n) is 8.42. The van der Waals surface area contributed by atoms with Gasteiger partial charge in [0.05, 0.1) is 6.07 Å². The summed E-state index contributed by atoms with van der Waals surface area (Å²) in [6.07, 6.45) is 10.9. The van der Waals surface area contributed by atoms with Gasteiger partial charge in [-0.15, -0.1) is 0 Å². The normalized spacial score (nSPS) is 13.9. The zero-order valence-corrected chi connectivity index (χ0v) is 13.8. The van der Waals surface area contributed by atoms with Crippen molar-refractivity contribution < 1.29 is 4.74 Å². The molecule has 1 unspecified atom stereocenters. The molecule has 0 saturated heterocycles. The number of ether oxygens (including phenoxy) is 1. The average molecular weight is 282 g/mol. The van der Waals surface area contributed by atoms with Crippen molar-refractivity contribution in [2.24, 2.45) is 0 Å². The topological polar surface area (TPSA) is 45.0 Å². The summed E-state index contributed by atoms with van der Waals surface area (Å²) in [6, 6.07) is 2.36. The fraction of sp³-hybridized carbons (Fsp3) is 0.941. The lowest BCUT2D eigenvalue weighted by Gasteiger charge is -2.22. The number of unbranched alkanes of at least 4 members (excludes halogenated alkanes) is 6. The molecule has 3 nitrogen and oxygen atoms in total. The Hall–Kier alpha value is -0.590. The standard InChI is InChI=1S/C17H34N2O/c1-4-6-7-8-9-11-14-20-15-12-10-13-17(3,16-18)19-5-2/h19H,4-15H2,1-3H3. The third kappa shape index (κ3) is 11.3. The second-order valence-corrected chi connectivity index (χ2v) is 5.81. The maximum atomic E-state index is 9.13. The van der Waals surface area contributed by atoms with Crippen molar-refractivity contribution in [3.05, 3.63) is 0 Å². The van der Waals surface area contributed by atoms with Gasteiger partial charge in [-0.3, -0.25) is 5.32 Å². The van der Waals surface area contributed by atoms with Gasteiger partial charge in [-0.25, -0.2) is 0 Å². The van der Waals surface area contributed by atoms with E-state index >= 15 is 0 Å². The molecule has 3 heteroatoms. The van der Waals surface area contributed by atoms with E-state index in [4.69, 9.17) is 10.00 Å². The van der Waals surface area contributed by atoms with Crippen molar-refractivity contribution in [3.8, 4) is 6.07 Å². The molecule has 118 valence electrons. The van der Waals surface area contributed by atoms with Crippen LogP contribution in [0.1, 0.15) is 78.6 Å². The van der Waals surface area contributed by atoms with Crippen LogP contribution in [0.15, 0.2) is 0 Å². The van der Waals surface area contributed by atoms with Gasteiger partial charge in [-0.2, -0.15) is 5.26 Å². The van der Waals surface area contributed by atoms with Gasteiger partial charge in [0.15, 0.2) is 0 Å². The number of rotatable bonds is 14. The van der Waals surface area contributed by atoms with Crippen LogP contribution < -0.4 is 5.32 Å². The molecule has 20 heavy (non-hydrogen) atoms. The molecule has 0 aromatic rings. The maximum Gasteiger partial charge on any atom is 0.103 e. The van der Waals surface area contributed by atoms with Gasteiger partial charge in [0.2, 0.25) is 0 Å². The van der Waals surface area contributed by atoms with Crippen LogP contribution in [0.3, 0.4) is 0 Å².